The first-order valence-corrected chi connectivity index (χ1v) is 10.1. The number of carbonyl (C=O) groups is 1. The first kappa shape index (κ1) is 17.4. The lowest BCUT2D eigenvalue weighted by Crippen LogP contribution is -2.57. The number of carbonyl (C=O) groups excluding carboxylic acids is 1. The van der Waals surface area contributed by atoms with Gasteiger partial charge in [0.2, 0.25) is 5.91 Å². The Balaban J connectivity index is 1.43. The molecule has 4 aliphatic carbocycles. The van der Waals surface area contributed by atoms with Crippen molar-refractivity contribution in [1.29, 1.82) is 0 Å². The van der Waals surface area contributed by atoms with Gasteiger partial charge in [0.15, 0.2) is 0 Å². The van der Waals surface area contributed by atoms with E-state index >= 15 is 0 Å². The molecule has 2 atom stereocenters. The Morgan fingerprint density at radius 2 is 1.61 bits per heavy atom. The minimum Gasteiger partial charge on any atom is -0.326 e. The van der Waals surface area contributed by atoms with Gasteiger partial charge in [0.05, 0.1) is 10.3 Å². The van der Waals surface area contributed by atoms with Crippen LogP contribution in [-0.2, 0) is 10.2 Å². The van der Waals surface area contributed by atoms with E-state index in [-0.39, 0.29) is 22.4 Å². The van der Waals surface area contributed by atoms with Crippen molar-refractivity contribution in [3.8, 4) is 0 Å². The van der Waals surface area contributed by atoms with E-state index in [1.807, 2.05) is 0 Å². The zero-order valence-electron chi connectivity index (χ0n) is 15.8. The van der Waals surface area contributed by atoms with Gasteiger partial charge in [-0.3, -0.25) is 14.9 Å². The van der Waals surface area contributed by atoms with Crippen molar-refractivity contribution >= 4 is 17.3 Å². The van der Waals surface area contributed by atoms with Crippen molar-refractivity contribution < 1.29 is 9.72 Å². The first-order valence-electron chi connectivity index (χ1n) is 10.1. The summed E-state index contributed by atoms with van der Waals surface area (Å²) in [4.78, 5) is 23.8. The number of nitrogens with one attached hydrogen (secondary N) is 1. The maximum Gasteiger partial charge on any atom is 0.269 e. The highest BCUT2D eigenvalue weighted by atomic mass is 16.6. The van der Waals surface area contributed by atoms with Crippen LogP contribution < -0.4 is 5.32 Å². The third-order valence-corrected chi connectivity index (χ3v) is 7.26. The van der Waals surface area contributed by atoms with E-state index in [4.69, 9.17) is 0 Å². The van der Waals surface area contributed by atoms with Crippen molar-refractivity contribution in [2.45, 2.75) is 43.9 Å². The second-order valence-electron chi connectivity index (χ2n) is 9.15. The van der Waals surface area contributed by atoms with Crippen LogP contribution in [0.3, 0.4) is 0 Å². The number of rotatable bonds is 4. The highest BCUT2D eigenvalue weighted by molar-refractivity contribution is 5.96. The van der Waals surface area contributed by atoms with Crippen LogP contribution in [0.15, 0.2) is 54.6 Å². The summed E-state index contributed by atoms with van der Waals surface area (Å²) >= 11 is 0. The summed E-state index contributed by atoms with van der Waals surface area (Å²) in [6.45, 7) is 0. The van der Waals surface area contributed by atoms with Gasteiger partial charge in [0, 0.05) is 17.8 Å². The molecule has 1 amide bonds. The number of anilines is 1. The standard InChI is InChI=1S/C23H24N2O3/c26-21(24-19-6-8-20(9-7-19)25(27)28)23-13-16-10-17(14-23)12-22(11-16,15-23)18-4-2-1-3-5-18/h1-9,16-17H,10-15H2,(H,24,26)/t16-,17-,22?,23?/m1/s1. The molecule has 28 heavy (non-hydrogen) atoms. The zero-order valence-corrected chi connectivity index (χ0v) is 15.8. The first-order chi connectivity index (χ1) is 13.5. The van der Waals surface area contributed by atoms with E-state index in [0.717, 1.165) is 19.3 Å². The lowest BCUT2D eigenvalue weighted by Gasteiger charge is -2.61. The lowest BCUT2D eigenvalue weighted by atomic mass is 9.42. The van der Waals surface area contributed by atoms with Gasteiger partial charge in [-0.25, -0.2) is 0 Å². The zero-order chi connectivity index (χ0) is 19.4. The predicted molar refractivity (Wildman–Crippen MR) is 107 cm³/mol. The molecule has 0 saturated heterocycles. The molecule has 4 aliphatic rings. The number of nitro groups is 1. The molecule has 144 valence electrons. The van der Waals surface area contributed by atoms with E-state index in [1.54, 1.807) is 12.1 Å². The fourth-order valence-electron chi connectivity index (χ4n) is 6.59. The highest BCUT2D eigenvalue weighted by Crippen LogP contribution is 2.65. The van der Waals surface area contributed by atoms with Gasteiger partial charge in [0.25, 0.3) is 5.69 Å². The number of hydrogen-bond acceptors (Lipinski definition) is 3. The van der Waals surface area contributed by atoms with Crippen LogP contribution in [0.2, 0.25) is 0 Å². The van der Waals surface area contributed by atoms with Crippen LogP contribution in [0.5, 0.6) is 0 Å². The number of benzene rings is 2. The molecule has 2 aromatic carbocycles. The molecule has 0 radical (unpaired) electrons. The van der Waals surface area contributed by atoms with Gasteiger partial charge in [0.1, 0.15) is 0 Å². The normalized spacial score (nSPS) is 32.9. The van der Waals surface area contributed by atoms with E-state index in [9.17, 15) is 14.9 Å². The van der Waals surface area contributed by atoms with E-state index < -0.39 is 4.92 Å². The molecular formula is C23H24N2O3. The van der Waals surface area contributed by atoms with Crippen LogP contribution in [0, 0.1) is 27.4 Å². The van der Waals surface area contributed by atoms with Crippen LogP contribution in [0.1, 0.15) is 44.1 Å². The second kappa shape index (κ2) is 6.16. The van der Waals surface area contributed by atoms with Gasteiger partial charge in [-0.1, -0.05) is 30.3 Å². The van der Waals surface area contributed by atoms with Crippen molar-refractivity contribution in [3.05, 3.63) is 70.3 Å². The van der Waals surface area contributed by atoms with E-state index in [0.29, 0.717) is 17.5 Å². The Labute approximate surface area is 164 Å². The molecule has 2 aromatic rings. The molecular weight excluding hydrogens is 352 g/mol. The number of nitro benzene ring substituents is 1. The average Bonchev–Trinajstić information content (AvgIpc) is 2.68. The Morgan fingerprint density at radius 3 is 2.21 bits per heavy atom. The van der Waals surface area contributed by atoms with Crippen LogP contribution >= 0.6 is 0 Å². The van der Waals surface area contributed by atoms with Gasteiger partial charge in [-0.05, 0) is 73.5 Å². The second-order valence-corrected chi connectivity index (χ2v) is 9.15. The molecule has 4 fully saturated rings. The van der Waals surface area contributed by atoms with Crippen molar-refractivity contribution in [1.82, 2.24) is 0 Å². The summed E-state index contributed by atoms with van der Waals surface area (Å²) < 4.78 is 0. The minimum absolute atomic E-state index is 0.0378. The van der Waals surface area contributed by atoms with Crippen molar-refractivity contribution in [3.63, 3.8) is 0 Å². The number of hydrogen-bond donors (Lipinski definition) is 1. The van der Waals surface area contributed by atoms with Crippen molar-refractivity contribution in [2.24, 2.45) is 17.3 Å². The summed E-state index contributed by atoms with van der Waals surface area (Å²) in [6.07, 6.45) is 6.49. The Bertz CT molecular complexity index is 909. The maximum atomic E-state index is 13.4. The maximum absolute atomic E-state index is 13.4. The quantitative estimate of drug-likeness (QED) is 0.598. The molecule has 0 heterocycles. The molecule has 6 rings (SSSR count). The molecule has 0 aliphatic heterocycles. The fraction of sp³-hybridized carbons (Fsp3) is 0.435. The van der Waals surface area contributed by atoms with Crippen LogP contribution in [0.25, 0.3) is 0 Å². The Kier molecular flexibility index (Phi) is 3.83. The average molecular weight is 376 g/mol. The van der Waals surface area contributed by atoms with Gasteiger partial charge in [-0.2, -0.15) is 0 Å². The summed E-state index contributed by atoms with van der Waals surface area (Å²) in [5.74, 6) is 1.32. The molecule has 4 bridgehead atoms. The molecule has 5 heteroatoms. The number of nitrogens with zero attached hydrogens (tertiary/aromatic N) is 1. The SMILES string of the molecule is O=C(Nc1ccc([N+](=O)[O-])cc1)C12C[C@@H]3C[C@@H](C1)CC(c1ccccc1)(C3)C2. The van der Waals surface area contributed by atoms with Crippen LogP contribution in [0.4, 0.5) is 11.4 Å². The Morgan fingerprint density at radius 1 is 0.964 bits per heavy atom. The van der Waals surface area contributed by atoms with Gasteiger partial charge >= 0.3 is 0 Å². The predicted octanol–water partition coefficient (Wildman–Crippen LogP) is 5.07. The van der Waals surface area contributed by atoms with Gasteiger partial charge < -0.3 is 5.32 Å². The summed E-state index contributed by atoms with van der Waals surface area (Å²) in [6, 6.07) is 16.9. The summed E-state index contributed by atoms with van der Waals surface area (Å²) in [7, 11) is 0. The molecule has 0 aromatic heterocycles. The smallest absolute Gasteiger partial charge is 0.269 e. The molecule has 4 saturated carbocycles. The van der Waals surface area contributed by atoms with Crippen molar-refractivity contribution in [2.75, 3.05) is 5.32 Å². The topological polar surface area (TPSA) is 72.2 Å². The monoisotopic (exact) mass is 376 g/mol. The number of amides is 1. The number of non-ortho nitro benzene ring substituents is 1. The van der Waals surface area contributed by atoms with E-state index in [1.165, 1.54) is 37.0 Å². The molecule has 0 spiro atoms. The summed E-state index contributed by atoms with van der Waals surface area (Å²) in [5, 5.41) is 13.9. The highest BCUT2D eigenvalue weighted by Gasteiger charge is 2.60. The molecule has 1 N–H and O–H groups in total. The summed E-state index contributed by atoms with van der Waals surface area (Å²) in [5.41, 5.74) is 1.87. The molecule has 5 nitrogen and oxygen atoms in total. The third kappa shape index (κ3) is 2.72. The third-order valence-electron chi connectivity index (χ3n) is 7.26. The van der Waals surface area contributed by atoms with Gasteiger partial charge in [-0.15, -0.1) is 0 Å². The fourth-order valence-corrected chi connectivity index (χ4v) is 6.59. The van der Waals surface area contributed by atoms with E-state index in [2.05, 4.69) is 35.6 Å². The van der Waals surface area contributed by atoms with Crippen LogP contribution in [-0.4, -0.2) is 10.8 Å². The Hall–Kier alpha value is -2.69. The lowest BCUT2D eigenvalue weighted by molar-refractivity contribution is -0.384. The minimum atomic E-state index is -0.422. The molecule has 0 unspecified atom stereocenters. The largest absolute Gasteiger partial charge is 0.326 e.